The van der Waals surface area contributed by atoms with Crippen molar-refractivity contribution in [1.82, 2.24) is 4.98 Å². The van der Waals surface area contributed by atoms with Gasteiger partial charge < -0.3 is 9.15 Å². The summed E-state index contributed by atoms with van der Waals surface area (Å²) < 4.78 is 10.9. The summed E-state index contributed by atoms with van der Waals surface area (Å²) in [7, 11) is 1.56. The molecule has 1 aromatic carbocycles. The highest BCUT2D eigenvalue weighted by Gasteiger charge is 2.28. The number of hydrazone groups is 1. The Kier molecular flexibility index (Phi) is 5.29. The van der Waals surface area contributed by atoms with Gasteiger partial charge in [0.25, 0.3) is 5.88 Å². The Labute approximate surface area is 148 Å². The van der Waals surface area contributed by atoms with Gasteiger partial charge in [-0.15, -0.1) is 0 Å². The number of hydrogen-bond acceptors (Lipinski definition) is 6. The molecular formula is C19H24N4O2. The number of rotatable bonds is 5. The van der Waals surface area contributed by atoms with E-state index in [1.807, 2.05) is 32.0 Å². The van der Waals surface area contributed by atoms with Crippen LogP contribution in [0.4, 0.5) is 5.88 Å². The summed E-state index contributed by atoms with van der Waals surface area (Å²) in [6, 6.07) is 10.1. The third-order valence-corrected chi connectivity index (χ3v) is 3.91. The fraction of sp³-hybridized carbons (Fsp3) is 0.421. The largest absolute Gasteiger partial charge is 0.419 e. The molecular weight excluding hydrogens is 316 g/mol. The van der Waals surface area contributed by atoms with E-state index >= 15 is 0 Å². The van der Waals surface area contributed by atoms with Gasteiger partial charge in [-0.25, -0.2) is 5.43 Å². The van der Waals surface area contributed by atoms with Crippen LogP contribution in [0.25, 0.3) is 0 Å². The number of oxazole rings is 1. The SMILES string of the molecule is COC(C)(C)c1nc(C#N)c(NN=Cc2ccc(C(C)(C)C)cc2)o1. The zero-order valence-electron chi connectivity index (χ0n) is 15.5. The Balaban J connectivity index is 2.13. The van der Waals surface area contributed by atoms with Gasteiger partial charge in [-0.2, -0.15) is 15.3 Å². The fourth-order valence-corrected chi connectivity index (χ4v) is 2.05. The van der Waals surface area contributed by atoms with Crippen LogP contribution in [0.2, 0.25) is 0 Å². The van der Waals surface area contributed by atoms with Crippen molar-refractivity contribution in [2.45, 2.75) is 45.6 Å². The molecule has 0 aliphatic carbocycles. The van der Waals surface area contributed by atoms with Crippen molar-refractivity contribution < 1.29 is 9.15 Å². The molecule has 6 heteroatoms. The van der Waals surface area contributed by atoms with Crippen molar-refractivity contribution in [3.63, 3.8) is 0 Å². The lowest BCUT2D eigenvalue weighted by Gasteiger charge is -2.18. The number of anilines is 1. The van der Waals surface area contributed by atoms with E-state index < -0.39 is 5.60 Å². The summed E-state index contributed by atoms with van der Waals surface area (Å²) in [5.74, 6) is 0.518. The first kappa shape index (κ1) is 18.7. The van der Waals surface area contributed by atoms with Gasteiger partial charge in [0.1, 0.15) is 11.7 Å². The Morgan fingerprint density at radius 3 is 2.36 bits per heavy atom. The van der Waals surface area contributed by atoms with Crippen molar-refractivity contribution >= 4 is 12.1 Å². The molecule has 0 unspecified atom stereocenters. The Hall–Kier alpha value is -2.65. The highest BCUT2D eigenvalue weighted by atomic mass is 16.5. The van der Waals surface area contributed by atoms with E-state index in [0.717, 1.165) is 5.56 Å². The predicted molar refractivity (Wildman–Crippen MR) is 97.6 cm³/mol. The summed E-state index contributed by atoms with van der Waals surface area (Å²) in [5, 5.41) is 13.3. The van der Waals surface area contributed by atoms with E-state index in [9.17, 15) is 5.26 Å². The second-order valence-corrected chi connectivity index (χ2v) is 7.26. The second-order valence-electron chi connectivity index (χ2n) is 7.26. The number of benzene rings is 1. The van der Waals surface area contributed by atoms with E-state index in [1.54, 1.807) is 13.3 Å². The second kappa shape index (κ2) is 7.08. The van der Waals surface area contributed by atoms with Gasteiger partial charge in [0.2, 0.25) is 11.6 Å². The molecule has 0 fully saturated rings. The van der Waals surface area contributed by atoms with Gasteiger partial charge in [0.05, 0.1) is 6.21 Å². The van der Waals surface area contributed by atoms with Crippen molar-refractivity contribution in [3.8, 4) is 6.07 Å². The third-order valence-electron chi connectivity index (χ3n) is 3.91. The maximum absolute atomic E-state index is 9.19. The standard InChI is InChI=1S/C19H24N4O2/c1-18(2,3)14-9-7-13(8-10-14)12-21-23-16-15(11-20)22-17(25-16)19(4,5)24-6/h7-10,12,23H,1-6H3. The van der Waals surface area contributed by atoms with Crippen molar-refractivity contribution in [1.29, 1.82) is 5.26 Å². The molecule has 0 aliphatic rings. The maximum Gasteiger partial charge on any atom is 0.252 e. The molecule has 0 saturated carbocycles. The van der Waals surface area contributed by atoms with Crippen molar-refractivity contribution in [2.24, 2.45) is 5.10 Å². The molecule has 1 heterocycles. The molecule has 0 amide bonds. The molecule has 2 rings (SSSR count). The van der Waals surface area contributed by atoms with Crippen LogP contribution in [-0.2, 0) is 15.8 Å². The zero-order chi connectivity index (χ0) is 18.7. The Morgan fingerprint density at radius 1 is 1.20 bits per heavy atom. The molecule has 0 bridgehead atoms. The average Bonchev–Trinajstić information content (AvgIpc) is 2.98. The van der Waals surface area contributed by atoms with Crippen LogP contribution in [0.3, 0.4) is 0 Å². The van der Waals surface area contributed by atoms with E-state index in [4.69, 9.17) is 9.15 Å². The first-order chi connectivity index (χ1) is 11.7. The molecule has 6 nitrogen and oxygen atoms in total. The van der Waals surface area contributed by atoms with Gasteiger partial charge in [0, 0.05) is 7.11 Å². The number of methoxy groups -OCH3 is 1. The normalized spacial score (nSPS) is 12.4. The number of nitrogens with zero attached hydrogens (tertiary/aromatic N) is 3. The van der Waals surface area contributed by atoms with E-state index in [2.05, 4.69) is 48.4 Å². The van der Waals surface area contributed by atoms with Crippen LogP contribution < -0.4 is 5.43 Å². The molecule has 0 spiro atoms. The van der Waals surface area contributed by atoms with Crippen molar-refractivity contribution in [2.75, 3.05) is 12.5 Å². The summed E-state index contributed by atoms with van der Waals surface area (Å²) in [6.07, 6.45) is 1.66. The molecule has 1 N–H and O–H groups in total. The number of nitrogens with one attached hydrogen (secondary N) is 1. The first-order valence-corrected chi connectivity index (χ1v) is 8.03. The van der Waals surface area contributed by atoms with E-state index in [1.165, 1.54) is 5.56 Å². The number of nitriles is 1. The summed E-state index contributed by atoms with van der Waals surface area (Å²) in [6.45, 7) is 10.1. The zero-order valence-corrected chi connectivity index (χ0v) is 15.5. The average molecular weight is 340 g/mol. The van der Waals surface area contributed by atoms with Crippen LogP contribution in [0.1, 0.15) is 57.3 Å². The highest BCUT2D eigenvalue weighted by Crippen LogP contribution is 2.27. The van der Waals surface area contributed by atoms with Crippen LogP contribution in [0.15, 0.2) is 33.8 Å². The summed E-state index contributed by atoms with van der Waals surface area (Å²) >= 11 is 0. The molecule has 1 aromatic heterocycles. The molecule has 0 aliphatic heterocycles. The minimum atomic E-state index is -0.724. The van der Waals surface area contributed by atoms with Gasteiger partial charge in [-0.05, 0) is 30.4 Å². The molecule has 25 heavy (non-hydrogen) atoms. The van der Waals surface area contributed by atoms with Gasteiger partial charge in [-0.1, -0.05) is 45.0 Å². The fourth-order valence-electron chi connectivity index (χ4n) is 2.05. The lowest BCUT2D eigenvalue weighted by Crippen LogP contribution is -2.19. The van der Waals surface area contributed by atoms with Gasteiger partial charge >= 0.3 is 0 Å². The highest BCUT2D eigenvalue weighted by molar-refractivity contribution is 5.80. The predicted octanol–water partition coefficient (Wildman–Crippen LogP) is 4.17. The van der Waals surface area contributed by atoms with E-state index in [-0.39, 0.29) is 17.0 Å². The quantitative estimate of drug-likeness (QED) is 0.652. The van der Waals surface area contributed by atoms with Gasteiger partial charge in [-0.3, -0.25) is 0 Å². The third kappa shape index (κ3) is 4.46. The van der Waals surface area contributed by atoms with Crippen LogP contribution in [0.5, 0.6) is 0 Å². The summed E-state index contributed by atoms with van der Waals surface area (Å²) in [5.41, 5.74) is 4.46. The van der Waals surface area contributed by atoms with Crippen LogP contribution >= 0.6 is 0 Å². The number of ether oxygens (including phenoxy) is 1. The van der Waals surface area contributed by atoms with Crippen LogP contribution in [-0.4, -0.2) is 18.3 Å². The van der Waals surface area contributed by atoms with Crippen LogP contribution in [0, 0.1) is 11.3 Å². The Bertz CT molecular complexity index is 790. The minimum Gasteiger partial charge on any atom is -0.419 e. The monoisotopic (exact) mass is 340 g/mol. The maximum atomic E-state index is 9.19. The molecule has 0 radical (unpaired) electrons. The number of aromatic nitrogens is 1. The molecule has 0 atom stereocenters. The lowest BCUT2D eigenvalue weighted by atomic mass is 9.87. The topological polar surface area (TPSA) is 83.4 Å². The molecule has 0 saturated heterocycles. The lowest BCUT2D eigenvalue weighted by molar-refractivity contribution is -0.00311. The van der Waals surface area contributed by atoms with Crippen molar-refractivity contribution in [3.05, 3.63) is 47.0 Å². The molecule has 2 aromatic rings. The molecule has 132 valence electrons. The van der Waals surface area contributed by atoms with Gasteiger partial charge in [0.15, 0.2) is 0 Å². The summed E-state index contributed by atoms with van der Waals surface area (Å²) in [4.78, 5) is 4.15. The number of hydrogen-bond donors (Lipinski definition) is 1. The minimum absolute atomic E-state index is 0.111. The smallest absolute Gasteiger partial charge is 0.252 e. The Morgan fingerprint density at radius 2 is 1.84 bits per heavy atom. The van der Waals surface area contributed by atoms with E-state index in [0.29, 0.717) is 5.89 Å². The first-order valence-electron chi connectivity index (χ1n) is 8.03.